The summed E-state index contributed by atoms with van der Waals surface area (Å²) in [5.74, 6) is 0.0275. The van der Waals surface area contributed by atoms with Crippen molar-refractivity contribution in [1.29, 1.82) is 0 Å². The minimum Gasteiger partial charge on any atom is -0.314 e. The molecule has 0 fully saturated rings. The van der Waals surface area contributed by atoms with Gasteiger partial charge in [-0.25, -0.2) is 10.4 Å². The van der Waals surface area contributed by atoms with Crippen LogP contribution in [-0.2, 0) is 11.3 Å². The quantitative estimate of drug-likeness (QED) is 0.190. The van der Waals surface area contributed by atoms with E-state index in [1.807, 2.05) is 72.8 Å². The van der Waals surface area contributed by atoms with Crippen LogP contribution >= 0.6 is 27.7 Å². The molecule has 0 aliphatic heterocycles. The van der Waals surface area contributed by atoms with E-state index in [1.165, 1.54) is 17.3 Å². The molecule has 0 aliphatic rings. The maximum atomic E-state index is 12.3. The average Bonchev–Trinajstić information content (AvgIpc) is 3.16. The van der Waals surface area contributed by atoms with Gasteiger partial charge in [-0.15, -0.1) is 0 Å². The van der Waals surface area contributed by atoms with Gasteiger partial charge in [0.25, 0.3) is 5.91 Å². The number of halogens is 1. The molecule has 0 saturated heterocycles. The number of nitrogens with zero attached hydrogens (tertiary/aromatic N) is 3. The lowest BCUT2D eigenvalue weighted by molar-refractivity contribution is -0.118. The Hall–Kier alpha value is -3.16. The third-order valence-corrected chi connectivity index (χ3v) is 6.03. The molecule has 0 radical (unpaired) electrons. The molecule has 1 N–H and O–H groups in total. The second-order valence-electron chi connectivity index (χ2n) is 6.98. The molecule has 0 saturated carbocycles. The van der Waals surface area contributed by atoms with Crippen LogP contribution in [0.25, 0.3) is 17.1 Å². The molecule has 4 aromatic rings. The lowest BCUT2D eigenvalue weighted by Crippen LogP contribution is -2.20. The number of para-hydroxylation sites is 2. The number of carbonyl (C=O) groups is 1. The number of hydrazone groups is 1. The predicted molar refractivity (Wildman–Crippen MR) is 136 cm³/mol. The third-order valence-electron chi connectivity index (χ3n) is 4.62. The molecule has 1 heterocycles. The SMILES string of the molecule is O=C(CSc1nc2ccccc2n1Cc1ccccc1)NN=CC(Br)=Cc1ccccc1. The van der Waals surface area contributed by atoms with E-state index in [0.29, 0.717) is 6.54 Å². The molecule has 0 unspecified atom stereocenters. The van der Waals surface area contributed by atoms with Crippen LogP contribution in [0.2, 0.25) is 0 Å². The van der Waals surface area contributed by atoms with E-state index >= 15 is 0 Å². The van der Waals surface area contributed by atoms with E-state index in [0.717, 1.165) is 26.2 Å². The molecule has 0 atom stereocenters. The lowest BCUT2D eigenvalue weighted by Gasteiger charge is -2.09. The van der Waals surface area contributed by atoms with Gasteiger partial charge < -0.3 is 4.57 Å². The number of carbonyl (C=O) groups excluding carboxylic acids is 1. The van der Waals surface area contributed by atoms with E-state index in [1.54, 1.807) is 6.21 Å². The van der Waals surface area contributed by atoms with Crippen LogP contribution in [0, 0.1) is 0 Å². The zero-order valence-corrected chi connectivity index (χ0v) is 19.6. The summed E-state index contributed by atoms with van der Waals surface area (Å²) in [6, 6.07) is 28.1. The summed E-state index contributed by atoms with van der Waals surface area (Å²) in [5.41, 5.74) is 6.77. The standard InChI is InChI=1S/C25H21BrN4OS/c26-21(15-19-9-3-1-4-10-19)16-27-29-24(31)18-32-25-28-22-13-7-8-14-23(22)30(25)17-20-11-5-2-6-12-20/h1-16H,17-18H2,(H,29,31). The topological polar surface area (TPSA) is 59.3 Å². The Morgan fingerprint density at radius 2 is 1.69 bits per heavy atom. The summed E-state index contributed by atoms with van der Waals surface area (Å²) in [5, 5.41) is 4.84. The summed E-state index contributed by atoms with van der Waals surface area (Å²) in [7, 11) is 0. The Morgan fingerprint density at radius 1 is 1.00 bits per heavy atom. The molecular formula is C25H21BrN4OS. The van der Waals surface area contributed by atoms with Crippen molar-refractivity contribution >= 4 is 56.9 Å². The molecule has 4 rings (SSSR count). The minimum atomic E-state index is -0.190. The van der Waals surface area contributed by atoms with Crippen molar-refractivity contribution in [1.82, 2.24) is 15.0 Å². The van der Waals surface area contributed by atoms with Gasteiger partial charge in [0.2, 0.25) is 0 Å². The number of imidazole rings is 1. The van der Waals surface area contributed by atoms with Crippen LogP contribution in [0.1, 0.15) is 11.1 Å². The number of allylic oxidation sites excluding steroid dienone is 1. The van der Waals surface area contributed by atoms with Crippen LogP contribution in [-0.4, -0.2) is 27.4 Å². The number of thioether (sulfide) groups is 1. The Balaban J connectivity index is 1.40. The number of benzene rings is 3. The van der Waals surface area contributed by atoms with Crippen molar-refractivity contribution in [3.8, 4) is 0 Å². The van der Waals surface area contributed by atoms with Gasteiger partial charge in [0, 0.05) is 4.48 Å². The van der Waals surface area contributed by atoms with Crippen molar-refractivity contribution < 1.29 is 4.79 Å². The summed E-state index contributed by atoms with van der Waals surface area (Å²) >= 11 is 4.84. The molecular weight excluding hydrogens is 484 g/mol. The fourth-order valence-corrected chi connectivity index (χ4v) is 4.33. The second-order valence-corrected chi connectivity index (χ2v) is 8.83. The molecule has 5 nitrogen and oxygen atoms in total. The van der Waals surface area contributed by atoms with Crippen LogP contribution in [0.4, 0.5) is 0 Å². The molecule has 32 heavy (non-hydrogen) atoms. The number of rotatable bonds is 8. The molecule has 3 aromatic carbocycles. The zero-order valence-electron chi connectivity index (χ0n) is 17.2. The average molecular weight is 505 g/mol. The van der Waals surface area contributed by atoms with Gasteiger partial charge in [-0.05, 0) is 45.3 Å². The molecule has 1 aromatic heterocycles. The highest BCUT2D eigenvalue weighted by Gasteiger charge is 2.13. The van der Waals surface area contributed by atoms with Crippen molar-refractivity contribution in [3.63, 3.8) is 0 Å². The molecule has 7 heteroatoms. The van der Waals surface area contributed by atoms with Gasteiger partial charge in [-0.1, -0.05) is 84.6 Å². The molecule has 1 amide bonds. The maximum absolute atomic E-state index is 12.3. The fraction of sp³-hybridized carbons (Fsp3) is 0.0800. The minimum absolute atomic E-state index is 0.190. The second kappa shape index (κ2) is 10.9. The lowest BCUT2D eigenvalue weighted by atomic mass is 10.2. The van der Waals surface area contributed by atoms with Gasteiger partial charge >= 0.3 is 0 Å². The van der Waals surface area contributed by atoms with E-state index in [4.69, 9.17) is 4.98 Å². The van der Waals surface area contributed by atoms with Crippen molar-refractivity contribution in [2.45, 2.75) is 11.7 Å². The number of hydrogen-bond donors (Lipinski definition) is 1. The van der Waals surface area contributed by atoms with Crippen LogP contribution in [0.15, 0.2) is 99.7 Å². The predicted octanol–water partition coefficient (Wildman–Crippen LogP) is 5.71. The summed E-state index contributed by atoms with van der Waals surface area (Å²) in [6.07, 6.45) is 3.50. The van der Waals surface area contributed by atoms with Crippen molar-refractivity contribution in [3.05, 3.63) is 101 Å². The van der Waals surface area contributed by atoms with Crippen molar-refractivity contribution in [2.75, 3.05) is 5.75 Å². The summed E-state index contributed by atoms with van der Waals surface area (Å²) < 4.78 is 2.91. The van der Waals surface area contributed by atoms with Gasteiger partial charge in [0.1, 0.15) is 0 Å². The monoisotopic (exact) mass is 504 g/mol. The van der Waals surface area contributed by atoms with Crippen molar-refractivity contribution in [2.24, 2.45) is 5.10 Å². The van der Waals surface area contributed by atoms with Crippen LogP contribution < -0.4 is 5.43 Å². The zero-order chi connectivity index (χ0) is 22.2. The first-order valence-electron chi connectivity index (χ1n) is 10.1. The number of hydrogen-bond acceptors (Lipinski definition) is 4. The maximum Gasteiger partial charge on any atom is 0.250 e. The van der Waals surface area contributed by atoms with Crippen LogP contribution in [0.5, 0.6) is 0 Å². The van der Waals surface area contributed by atoms with E-state index in [2.05, 4.69) is 49.2 Å². The Labute approximate surface area is 199 Å². The number of nitrogens with one attached hydrogen (secondary N) is 1. The van der Waals surface area contributed by atoms with Gasteiger partial charge in [0.05, 0.1) is 29.5 Å². The summed E-state index contributed by atoms with van der Waals surface area (Å²) in [4.78, 5) is 17.1. The van der Waals surface area contributed by atoms with E-state index < -0.39 is 0 Å². The van der Waals surface area contributed by atoms with Gasteiger partial charge in [-0.3, -0.25) is 4.79 Å². The normalized spacial score (nSPS) is 11.8. The highest BCUT2D eigenvalue weighted by Crippen LogP contribution is 2.25. The van der Waals surface area contributed by atoms with Gasteiger partial charge in [-0.2, -0.15) is 5.10 Å². The highest BCUT2D eigenvalue weighted by molar-refractivity contribution is 9.12. The third kappa shape index (κ3) is 5.96. The number of amides is 1. The summed E-state index contributed by atoms with van der Waals surface area (Å²) in [6.45, 7) is 0.695. The first-order valence-corrected chi connectivity index (χ1v) is 11.8. The Kier molecular flexibility index (Phi) is 7.53. The number of fused-ring (bicyclic) bond motifs is 1. The molecule has 0 spiro atoms. The smallest absolute Gasteiger partial charge is 0.250 e. The van der Waals surface area contributed by atoms with Crippen LogP contribution in [0.3, 0.4) is 0 Å². The first kappa shape index (κ1) is 22.0. The molecule has 160 valence electrons. The highest BCUT2D eigenvalue weighted by atomic mass is 79.9. The largest absolute Gasteiger partial charge is 0.314 e. The van der Waals surface area contributed by atoms with E-state index in [9.17, 15) is 4.79 Å². The van der Waals surface area contributed by atoms with Gasteiger partial charge in [0.15, 0.2) is 5.16 Å². The van der Waals surface area contributed by atoms with E-state index in [-0.39, 0.29) is 11.7 Å². The Morgan fingerprint density at radius 3 is 2.47 bits per heavy atom. The first-order chi connectivity index (χ1) is 15.7. The Bertz CT molecular complexity index is 1250. The molecule has 0 bridgehead atoms. The number of aromatic nitrogens is 2. The molecule has 0 aliphatic carbocycles. The fourth-order valence-electron chi connectivity index (χ4n) is 3.16.